The topological polar surface area (TPSA) is 15.3 Å². The van der Waals surface area contributed by atoms with Gasteiger partial charge in [-0.1, -0.05) is 23.8 Å². The maximum absolute atomic E-state index is 3.48. The van der Waals surface area contributed by atoms with Crippen molar-refractivity contribution in [2.45, 2.75) is 26.3 Å². The van der Waals surface area contributed by atoms with Crippen LogP contribution in [0.3, 0.4) is 0 Å². The molecule has 0 bridgehead atoms. The molecule has 2 heteroatoms. The van der Waals surface area contributed by atoms with Gasteiger partial charge in [0.25, 0.3) is 0 Å². The Hall–Kier alpha value is -0.860. The maximum atomic E-state index is 3.48. The minimum absolute atomic E-state index is 0.546. The lowest BCUT2D eigenvalue weighted by Gasteiger charge is -2.31. The molecule has 0 spiro atoms. The van der Waals surface area contributed by atoms with Crippen molar-refractivity contribution < 1.29 is 0 Å². The monoisotopic (exact) mass is 232 g/mol. The molecule has 1 N–H and O–H groups in total. The second-order valence-corrected chi connectivity index (χ2v) is 5.52. The zero-order valence-electron chi connectivity index (χ0n) is 11.5. The number of nitrogens with one attached hydrogen (secondary N) is 1. The second-order valence-electron chi connectivity index (χ2n) is 5.52. The smallest absolute Gasteiger partial charge is 0.0385 e. The predicted molar refractivity (Wildman–Crippen MR) is 73.3 cm³/mol. The fourth-order valence-electron chi connectivity index (χ4n) is 2.98. The summed E-state index contributed by atoms with van der Waals surface area (Å²) in [6.07, 6.45) is 1.29. The molecule has 2 rings (SSSR count). The van der Waals surface area contributed by atoms with Gasteiger partial charge in [0.15, 0.2) is 0 Å². The van der Waals surface area contributed by atoms with Gasteiger partial charge in [0.05, 0.1) is 0 Å². The van der Waals surface area contributed by atoms with E-state index in [2.05, 4.69) is 56.4 Å². The van der Waals surface area contributed by atoms with E-state index in [1.165, 1.54) is 29.7 Å². The molecule has 0 radical (unpaired) electrons. The summed E-state index contributed by atoms with van der Waals surface area (Å²) >= 11 is 0. The molecule has 2 unspecified atom stereocenters. The first-order valence-electron chi connectivity index (χ1n) is 6.54. The number of hydrogen-bond acceptors (Lipinski definition) is 2. The van der Waals surface area contributed by atoms with E-state index in [4.69, 9.17) is 0 Å². The van der Waals surface area contributed by atoms with Crippen LogP contribution >= 0.6 is 0 Å². The summed E-state index contributed by atoms with van der Waals surface area (Å²) in [5.74, 6) is 0.741. The SMILES string of the molecule is Cc1ccc(C)c(C(C2CCNC2)N(C)C)c1. The van der Waals surface area contributed by atoms with Crippen LogP contribution in [0.2, 0.25) is 0 Å². The van der Waals surface area contributed by atoms with E-state index >= 15 is 0 Å². The molecule has 1 aliphatic rings. The van der Waals surface area contributed by atoms with Crippen LogP contribution < -0.4 is 5.32 Å². The number of hydrogen-bond donors (Lipinski definition) is 1. The van der Waals surface area contributed by atoms with Gasteiger partial charge >= 0.3 is 0 Å². The summed E-state index contributed by atoms with van der Waals surface area (Å²) in [5, 5.41) is 3.48. The van der Waals surface area contributed by atoms with Crippen LogP contribution in [0.1, 0.15) is 29.2 Å². The van der Waals surface area contributed by atoms with Gasteiger partial charge in [0.2, 0.25) is 0 Å². The third kappa shape index (κ3) is 2.70. The summed E-state index contributed by atoms with van der Waals surface area (Å²) in [5.41, 5.74) is 4.29. The highest BCUT2D eigenvalue weighted by molar-refractivity contribution is 5.33. The van der Waals surface area contributed by atoms with Crippen LogP contribution in [-0.2, 0) is 0 Å². The number of rotatable bonds is 3. The van der Waals surface area contributed by atoms with E-state index in [1.807, 2.05) is 0 Å². The quantitative estimate of drug-likeness (QED) is 0.861. The number of aryl methyl sites for hydroxylation is 2. The minimum Gasteiger partial charge on any atom is -0.316 e. The molecule has 1 heterocycles. The summed E-state index contributed by atoms with van der Waals surface area (Å²) in [4.78, 5) is 2.37. The van der Waals surface area contributed by atoms with Crippen LogP contribution in [0, 0.1) is 19.8 Å². The normalized spacial score (nSPS) is 22.1. The largest absolute Gasteiger partial charge is 0.316 e. The molecular weight excluding hydrogens is 208 g/mol. The molecule has 1 aliphatic heterocycles. The molecule has 0 aromatic heterocycles. The van der Waals surface area contributed by atoms with Crippen molar-refractivity contribution in [2.24, 2.45) is 5.92 Å². The van der Waals surface area contributed by atoms with Gasteiger partial charge in [-0.25, -0.2) is 0 Å². The van der Waals surface area contributed by atoms with Gasteiger partial charge in [-0.2, -0.15) is 0 Å². The Labute approximate surface area is 105 Å². The average Bonchev–Trinajstić information content (AvgIpc) is 2.76. The van der Waals surface area contributed by atoms with Crippen molar-refractivity contribution in [1.29, 1.82) is 0 Å². The third-order valence-corrected chi connectivity index (χ3v) is 3.85. The number of nitrogens with zero attached hydrogens (tertiary/aromatic N) is 1. The Bertz CT molecular complexity index is 379. The average molecular weight is 232 g/mol. The van der Waals surface area contributed by atoms with E-state index < -0.39 is 0 Å². The third-order valence-electron chi connectivity index (χ3n) is 3.85. The molecule has 2 nitrogen and oxygen atoms in total. The molecule has 1 aromatic carbocycles. The Morgan fingerprint density at radius 2 is 2.06 bits per heavy atom. The van der Waals surface area contributed by atoms with Crippen LogP contribution in [0.5, 0.6) is 0 Å². The zero-order chi connectivity index (χ0) is 12.4. The van der Waals surface area contributed by atoms with E-state index in [0.29, 0.717) is 6.04 Å². The Morgan fingerprint density at radius 1 is 1.29 bits per heavy atom. The lowest BCUT2D eigenvalue weighted by atomic mass is 9.88. The molecule has 17 heavy (non-hydrogen) atoms. The first-order chi connectivity index (χ1) is 8.09. The molecule has 1 saturated heterocycles. The Kier molecular flexibility index (Phi) is 3.85. The summed E-state index contributed by atoms with van der Waals surface area (Å²) in [6.45, 7) is 6.73. The standard InChI is InChI=1S/C15H24N2/c1-11-5-6-12(2)14(9-11)15(17(3)4)13-7-8-16-10-13/h5-6,9,13,15-16H,7-8,10H2,1-4H3. The molecule has 94 valence electrons. The summed E-state index contributed by atoms with van der Waals surface area (Å²) < 4.78 is 0. The lowest BCUT2D eigenvalue weighted by molar-refractivity contribution is 0.222. The van der Waals surface area contributed by atoms with Crippen molar-refractivity contribution in [3.8, 4) is 0 Å². The van der Waals surface area contributed by atoms with Crippen molar-refractivity contribution in [3.63, 3.8) is 0 Å². The highest BCUT2D eigenvalue weighted by Gasteiger charge is 2.28. The summed E-state index contributed by atoms with van der Waals surface area (Å²) in [6, 6.07) is 7.37. The van der Waals surface area contributed by atoms with E-state index in [-0.39, 0.29) is 0 Å². The summed E-state index contributed by atoms with van der Waals surface area (Å²) in [7, 11) is 4.40. The van der Waals surface area contributed by atoms with Crippen molar-refractivity contribution >= 4 is 0 Å². The van der Waals surface area contributed by atoms with Crippen LogP contribution in [0.25, 0.3) is 0 Å². The van der Waals surface area contributed by atoms with Crippen molar-refractivity contribution in [3.05, 3.63) is 34.9 Å². The highest BCUT2D eigenvalue weighted by atomic mass is 15.1. The Morgan fingerprint density at radius 3 is 2.65 bits per heavy atom. The zero-order valence-corrected chi connectivity index (χ0v) is 11.5. The van der Waals surface area contributed by atoms with Gasteiger partial charge in [-0.15, -0.1) is 0 Å². The Balaban J connectivity index is 2.34. The molecular formula is C15H24N2. The molecule has 1 aromatic rings. The molecule has 0 amide bonds. The van der Waals surface area contributed by atoms with Crippen LogP contribution in [0.4, 0.5) is 0 Å². The van der Waals surface area contributed by atoms with Crippen LogP contribution in [-0.4, -0.2) is 32.1 Å². The van der Waals surface area contributed by atoms with Crippen molar-refractivity contribution in [2.75, 3.05) is 27.2 Å². The van der Waals surface area contributed by atoms with Gasteiger partial charge < -0.3 is 10.2 Å². The minimum atomic E-state index is 0.546. The van der Waals surface area contributed by atoms with Gasteiger partial charge in [0, 0.05) is 6.04 Å². The maximum Gasteiger partial charge on any atom is 0.0385 e. The fourth-order valence-corrected chi connectivity index (χ4v) is 2.98. The predicted octanol–water partition coefficient (Wildman–Crippen LogP) is 2.52. The van der Waals surface area contributed by atoms with Gasteiger partial charge in [0.1, 0.15) is 0 Å². The van der Waals surface area contributed by atoms with E-state index in [9.17, 15) is 0 Å². The first kappa shape index (κ1) is 12.6. The molecule has 2 atom stereocenters. The fraction of sp³-hybridized carbons (Fsp3) is 0.600. The lowest BCUT2D eigenvalue weighted by Crippen LogP contribution is -2.29. The molecule has 0 saturated carbocycles. The second kappa shape index (κ2) is 5.19. The number of benzene rings is 1. The van der Waals surface area contributed by atoms with E-state index in [1.54, 1.807) is 0 Å². The first-order valence-corrected chi connectivity index (χ1v) is 6.54. The van der Waals surface area contributed by atoms with Gasteiger partial charge in [-0.3, -0.25) is 0 Å². The van der Waals surface area contributed by atoms with E-state index in [0.717, 1.165) is 12.5 Å². The highest BCUT2D eigenvalue weighted by Crippen LogP contribution is 2.33. The van der Waals surface area contributed by atoms with Crippen LogP contribution in [0.15, 0.2) is 18.2 Å². The molecule has 0 aliphatic carbocycles. The van der Waals surface area contributed by atoms with Gasteiger partial charge in [-0.05, 0) is 64.5 Å². The van der Waals surface area contributed by atoms with Crippen molar-refractivity contribution in [1.82, 2.24) is 10.2 Å². The molecule has 1 fully saturated rings.